The molecule has 1 unspecified atom stereocenters. The van der Waals surface area contributed by atoms with Crippen molar-refractivity contribution in [1.29, 1.82) is 5.41 Å². The minimum atomic E-state index is 0.277. The summed E-state index contributed by atoms with van der Waals surface area (Å²) in [4.78, 5) is 7.05. The largest absolute Gasteiger partial charge is 0.372 e. The van der Waals surface area contributed by atoms with Gasteiger partial charge in [0.05, 0.1) is 5.52 Å². The van der Waals surface area contributed by atoms with Gasteiger partial charge in [-0.15, -0.1) is 0 Å². The molecule has 2 aromatic rings. The van der Waals surface area contributed by atoms with Gasteiger partial charge in [-0.1, -0.05) is 19.9 Å². The van der Waals surface area contributed by atoms with Gasteiger partial charge >= 0.3 is 0 Å². The van der Waals surface area contributed by atoms with Crippen molar-refractivity contribution in [2.75, 3.05) is 11.9 Å². The molecule has 1 heterocycles. The van der Waals surface area contributed by atoms with Crippen molar-refractivity contribution in [2.24, 2.45) is 5.92 Å². The van der Waals surface area contributed by atoms with Crippen LogP contribution < -0.4 is 4.90 Å². The Morgan fingerprint density at radius 3 is 2.73 bits per heavy atom. The number of aryl methyl sites for hydroxylation is 1. The van der Waals surface area contributed by atoms with E-state index in [1.165, 1.54) is 18.5 Å². The summed E-state index contributed by atoms with van der Waals surface area (Å²) in [6.45, 7) is 6.28. The molecule has 1 aromatic carbocycles. The Balaban J connectivity index is 2.08. The molecule has 1 atom stereocenters. The van der Waals surface area contributed by atoms with E-state index in [0.29, 0.717) is 6.04 Å². The van der Waals surface area contributed by atoms with Gasteiger partial charge < -0.3 is 10.3 Å². The third kappa shape index (κ3) is 2.72. The van der Waals surface area contributed by atoms with E-state index in [4.69, 9.17) is 10.4 Å². The molecule has 3 rings (SSSR count). The summed E-state index contributed by atoms with van der Waals surface area (Å²) in [5.74, 6) is 0.277. The van der Waals surface area contributed by atoms with Gasteiger partial charge in [-0.3, -0.25) is 4.98 Å². The van der Waals surface area contributed by atoms with Crippen molar-refractivity contribution >= 4 is 22.3 Å². The molecule has 0 radical (unpaired) electrons. The van der Waals surface area contributed by atoms with E-state index in [9.17, 15) is 0 Å². The molecule has 1 aromatic heterocycles. The molecule has 1 aliphatic rings. The number of anilines is 1. The number of fused-ring (bicyclic) bond motifs is 1. The van der Waals surface area contributed by atoms with E-state index in [0.717, 1.165) is 34.3 Å². The van der Waals surface area contributed by atoms with Crippen LogP contribution >= 0.6 is 0 Å². The summed E-state index contributed by atoms with van der Waals surface area (Å²) in [5.41, 5.74) is 4.99. The van der Waals surface area contributed by atoms with Gasteiger partial charge in [0.15, 0.2) is 0 Å². The summed E-state index contributed by atoms with van der Waals surface area (Å²) in [7, 11) is 2.16. The zero-order chi connectivity index (χ0) is 15.9. The van der Waals surface area contributed by atoms with Crippen molar-refractivity contribution in [1.82, 2.24) is 4.98 Å². The molecule has 1 aliphatic carbocycles. The van der Waals surface area contributed by atoms with Crippen molar-refractivity contribution in [3.8, 4) is 0 Å². The van der Waals surface area contributed by atoms with E-state index in [2.05, 4.69) is 50.1 Å². The maximum absolute atomic E-state index is 8.49. The van der Waals surface area contributed by atoms with Crippen LogP contribution in [-0.2, 0) is 0 Å². The highest BCUT2D eigenvalue weighted by molar-refractivity contribution is 6.10. The first kappa shape index (κ1) is 15.0. The normalized spacial score (nSPS) is 15.8. The average Bonchev–Trinajstić information content (AvgIpc) is 3.36. The molecule has 1 N–H and O–H groups in total. The average molecular weight is 295 g/mol. The zero-order valence-corrected chi connectivity index (χ0v) is 14.0. The van der Waals surface area contributed by atoms with Gasteiger partial charge in [-0.05, 0) is 50.3 Å². The molecule has 1 saturated carbocycles. The summed E-state index contributed by atoms with van der Waals surface area (Å²) in [5, 5.41) is 9.59. The van der Waals surface area contributed by atoms with Crippen molar-refractivity contribution < 1.29 is 0 Å². The van der Waals surface area contributed by atoms with E-state index in [-0.39, 0.29) is 5.92 Å². The predicted molar refractivity (Wildman–Crippen MR) is 94.2 cm³/mol. The van der Waals surface area contributed by atoms with Crippen LogP contribution in [0.4, 0.5) is 5.69 Å². The Bertz CT molecular complexity index is 716. The molecular formula is C19H25N3. The Labute approximate surface area is 132 Å². The molecule has 116 valence electrons. The Kier molecular flexibility index (Phi) is 3.90. The third-order valence-corrected chi connectivity index (χ3v) is 4.82. The van der Waals surface area contributed by atoms with Gasteiger partial charge in [0.1, 0.15) is 0 Å². The summed E-state index contributed by atoms with van der Waals surface area (Å²) in [6, 6.07) is 9.24. The number of pyridine rings is 1. The van der Waals surface area contributed by atoms with Crippen molar-refractivity contribution in [3.05, 3.63) is 35.5 Å². The topological polar surface area (TPSA) is 40.0 Å². The lowest BCUT2D eigenvalue weighted by atomic mass is 9.93. The number of hydrogen-bond donors (Lipinski definition) is 1. The van der Waals surface area contributed by atoms with Gasteiger partial charge in [-0.25, -0.2) is 0 Å². The van der Waals surface area contributed by atoms with E-state index in [1.54, 1.807) is 0 Å². The fourth-order valence-corrected chi connectivity index (χ4v) is 2.93. The predicted octanol–water partition coefficient (Wildman–Crippen LogP) is 4.56. The fraction of sp³-hybridized carbons (Fsp3) is 0.474. The van der Waals surface area contributed by atoms with Gasteiger partial charge in [0.2, 0.25) is 0 Å². The number of rotatable bonds is 5. The molecule has 3 heteroatoms. The molecule has 0 saturated heterocycles. The third-order valence-electron chi connectivity index (χ3n) is 4.82. The monoisotopic (exact) mass is 295 g/mol. The van der Waals surface area contributed by atoms with Crippen LogP contribution in [-0.4, -0.2) is 23.8 Å². The molecule has 1 fully saturated rings. The van der Waals surface area contributed by atoms with Crippen LogP contribution in [0.5, 0.6) is 0 Å². The molecular weight excluding hydrogens is 270 g/mol. The quantitative estimate of drug-likeness (QED) is 0.822. The Morgan fingerprint density at radius 1 is 1.36 bits per heavy atom. The lowest BCUT2D eigenvalue weighted by molar-refractivity contribution is 0.736. The minimum absolute atomic E-state index is 0.277. The maximum Gasteiger partial charge on any atom is 0.0732 e. The first-order valence-electron chi connectivity index (χ1n) is 8.24. The van der Waals surface area contributed by atoms with Crippen LogP contribution in [0, 0.1) is 18.3 Å². The molecule has 0 amide bonds. The lowest BCUT2D eigenvalue weighted by Gasteiger charge is -2.20. The van der Waals surface area contributed by atoms with Crippen LogP contribution in [0.2, 0.25) is 0 Å². The second-order valence-electron chi connectivity index (χ2n) is 6.58. The lowest BCUT2D eigenvalue weighted by Crippen LogP contribution is -2.19. The van der Waals surface area contributed by atoms with Gasteiger partial charge in [0, 0.05) is 41.1 Å². The highest BCUT2D eigenvalue weighted by Crippen LogP contribution is 2.32. The van der Waals surface area contributed by atoms with Crippen LogP contribution in [0.3, 0.4) is 0 Å². The van der Waals surface area contributed by atoms with Crippen molar-refractivity contribution in [3.63, 3.8) is 0 Å². The number of nitrogens with zero attached hydrogens (tertiary/aromatic N) is 2. The number of hydrogen-bond acceptors (Lipinski definition) is 3. The van der Waals surface area contributed by atoms with Crippen LogP contribution in [0.25, 0.3) is 10.9 Å². The Morgan fingerprint density at radius 2 is 2.09 bits per heavy atom. The molecule has 0 aliphatic heterocycles. The first-order valence-corrected chi connectivity index (χ1v) is 8.24. The highest BCUT2D eigenvalue weighted by Gasteiger charge is 2.26. The summed E-state index contributed by atoms with van der Waals surface area (Å²) < 4.78 is 0. The van der Waals surface area contributed by atoms with Crippen molar-refractivity contribution in [2.45, 2.75) is 46.1 Å². The second kappa shape index (κ2) is 5.71. The van der Waals surface area contributed by atoms with Crippen LogP contribution in [0.1, 0.15) is 44.4 Å². The molecule has 0 spiro atoms. The van der Waals surface area contributed by atoms with Crippen LogP contribution in [0.15, 0.2) is 24.3 Å². The second-order valence-corrected chi connectivity index (χ2v) is 6.58. The highest BCUT2D eigenvalue weighted by atomic mass is 15.2. The SMILES string of the molecule is CCC(C)C(=N)c1cc(C)nc2cc(N(C)C3CC3)ccc12. The number of benzene rings is 1. The van der Waals surface area contributed by atoms with E-state index in [1.807, 2.05) is 6.92 Å². The van der Waals surface area contributed by atoms with Gasteiger partial charge in [-0.2, -0.15) is 0 Å². The molecule has 3 nitrogen and oxygen atoms in total. The maximum atomic E-state index is 8.49. The number of nitrogens with one attached hydrogen (secondary N) is 1. The molecule has 22 heavy (non-hydrogen) atoms. The summed E-state index contributed by atoms with van der Waals surface area (Å²) >= 11 is 0. The first-order chi connectivity index (χ1) is 10.5. The van der Waals surface area contributed by atoms with E-state index < -0.39 is 0 Å². The Hall–Kier alpha value is -1.90. The standard InChI is InChI=1S/C19H25N3/c1-5-12(2)19(20)17-10-13(3)21-18-11-15(8-9-16(17)18)22(4)14-6-7-14/h8-12,14,20H,5-7H2,1-4H3. The number of aromatic nitrogens is 1. The minimum Gasteiger partial charge on any atom is -0.372 e. The van der Waals surface area contributed by atoms with E-state index >= 15 is 0 Å². The molecule has 0 bridgehead atoms. The summed E-state index contributed by atoms with van der Waals surface area (Å²) in [6.07, 6.45) is 3.57. The smallest absolute Gasteiger partial charge is 0.0732 e. The fourth-order valence-electron chi connectivity index (χ4n) is 2.93. The van der Waals surface area contributed by atoms with Gasteiger partial charge in [0.25, 0.3) is 0 Å². The zero-order valence-electron chi connectivity index (χ0n) is 14.0.